The van der Waals surface area contributed by atoms with Crippen molar-refractivity contribution >= 4 is 17.8 Å². The lowest BCUT2D eigenvalue weighted by molar-refractivity contribution is -0.151. The van der Waals surface area contributed by atoms with Crippen LogP contribution < -0.4 is 0 Å². The van der Waals surface area contributed by atoms with E-state index in [1.165, 1.54) is 4.90 Å². The molecule has 0 N–H and O–H groups in total. The van der Waals surface area contributed by atoms with Gasteiger partial charge in [-0.2, -0.15) is 0 Å². The second-order valence-electron chi connectivity index (χ2n) is 7.54. The first-order valence-electron chi connectivity index (χ1n) is 10.3. The first-order valence-corrected chi connectivity index (χ1v) is 10.3. The van der Waals surface area contributed by atoms with Gasteiger partial charge in [-0.3, -0.25) is 14.4 Å². The van der Waals surface area contributed by atoms with Gasteiger partial charge in [0.05, 0.1) is 19.1 Å². The predicted octanol–water partition coefficient (Wildman–Crippen LogP) is 3.23. The molecule has 6 nitrogen and oxygen atoms in total. The molecule has 1 saturated heterocycles. The van der Waals surface area contributed by atoms with Crippen LogP contribution in [0.15, 0.2) is 54.6 Å². The number of amides is 2. The average Bonchev–Trinajstić information content (AvgIpc) is 2.79. The Morgan fingerprint density at radius 2 is 1.70 bits per heavy atom. The molecule has 0 saturated carbocycles. The first-order chi connectivity index (χ1) is 14.5. The summed E-state index contributed by atoms with van der Waals surface area (Å²) in [5, 5.41) is 0. The first kappa shape index (κ1) is 21.6. The highest BCUT2D eigenvalue weighted by atomic mass is 16.5. The van der Waals surface area contributed by atoms with Gasteiger partial charge in [-0.25, -0.2) is 0 Å². The molecule has 2 aromatic carbocycles. The lowest BCUT2D eigenvalue weighted by Gasteiger charge is -2.32. The number of esters is 1. The van der Waals surface area contributed by atoms with E-state index >= 15 is 0 Å². The SMILES string of the molecule is CCOC(=O)C1CCCN(C(=O)CN(C)C(=O)c2ccc(-c3ccccc3)cc2)C1. The standard InChI is InChI=1S/C24H28N2O4/c1-3-30-24(29)21-10-7-15-26(16-21)22(27)17-25(2)23(28)20-13-11-19(12-14-20)18-8-5-4-6-9-18/h4-6,8-9,11-14,21H,3,7,10,15-17H2,1-2H3. The summed E-state index contributed by atoms with van der Waals surface area (Å²) in [6, 6.07) is 17.3. The van der Waals surface area contributed by atoms with E-state index in [-0.39, 0.29) is 30.2 Å². The normalized spacial score (nSPS) is 16.1. The topological polar surface area (TPSA) is 66.9 Å². The molecule has 1 fully saturated rings. The summed E-state index contributed by atoms with van der Waals surface area (Å²) >= 11 is 0. The van der Waals surface area contributed by atoms with Crippen molar-refractivity contribution in [1.29, 1.82) is 0 Å². The van der Waals surface area contributed by atoms with Crippen LogP contribution in [0.3, 0.4) is 0 Å². The molecule has 0 aromatic heterocycles. The number of carbonyl (C=O) groups is 3. The van der Waals surface area contributed by atoms with Crippen LogP contribution in [0.4, 0.5) is 0 Å². The van der Waals surface area contributed by atoms with E-state index in [9.17, 15) is 14.4 Å². The molecule has 2 amide bonds. The van der Waals surface area contributed by atoms with Crippen LogP contribution in [0, 0.1) is 5.92 Å². The molecule has 0 radical (unpaired) electrons. The Balaban J connectivity index is 1.58. The number of rotatable bonds is 6. The Labute approximate surface area is 177 Å². The van der Waals surface area contributed by atoms with E-state index in [0.717, 1.165) is 24.0 Å². The molecule has 1 aliphatic heterocycles. The molecule has 3 rings (SSSR count). The maximum absolute atomic E-state index is 12.7. The van der Waals surface area contributed by atoms with E-state index in [0.29, 0.717) is 25.3 Å². The van der Waals surface area contributed by atoms with Crippen LogP contribution in [-0.4, -0.2) is 60.9 Å². The Morgan fingerprint density at radius 3 is 2.37 bits per heavy atom. The number of piperidine rings is 1. The molecule has 1 unspecified atom stereocenters. The van der Waals surface area contributed by atoms with Crippen molar-refractivity contribution in [2.24, 2.45) is 5.92 Å². The van der Waals surface area contributed by atoms with E-state index in [1.807, 2.05) is 42.5 Å². The van der Waals surface area contributed by atoms with Crippen LogP contribution in [0.25, 0.3) is 11.1 Å². The van der Waals surface area contributed by atoms with Gasteiger partial charge >= 0.3 is 5.97 Å². The molecule has 1 heterocycles. The van der Waals surface area contributed by atoms with Gasteiger partial charge < -0.3 is 14.5 Å². The van der Waals surface area contributed by atoms with Crippen molar-refractivity contribution < 1.29 is 19.1 Å². The van der Waals surface area contributed by atoms with E-state index in [1.54, 1.807) is 31.0 Å². The minimum atomic E-state index is -0.283. The maximum Gasteiger partial charge on any atom is 0.310 e. The summed E-state index contributed by atoms with van der Waals surface area (Å²) in [7, 11) is 1.62. The summed E-state index contributed by atoms with van der Waals surface area (Å²) in [6.07, 6.45) is 1.49. The van der Waals surface area contributed by atoms with Crippen molar-refractivity contribution in [2.45, 2.75) is 19.8 Å². The molecular formula is C24H28N2O4. The number of hydrogen-bond acceptors (Lipinski definition) is 4. The Bertz CT molecular complexity index is 880. The number of likely N-dealkylation sites (N-methyl/N-ethyl adjacent to an activating group) is 1. The number of carbonyl (C=O) groups excluding carboxylic acids is 3. The van der Waals surface area contributed by atoms with Crippen LogP contribution >= 0.6 is 0 Å². The summed E-state index contributed by atoms with van der Waals surface area (Å²) in [5.41, 5.74) is 2.65. The fourth-order valence-corrected chi connectivity index (χ4v) is 3.69. The quantitative estimate of drug-likeness (QED) is 0.689. The largest absolute Gasteiger partial charge is 0.466 e. The highest BCUT2D eigenvalue weighted by molar-refractivity contribution is 5.96. The molecule has 1 aliphatic rings. The molecule has 0 aliphatic carbocycles. The number of benzene rings is 2. The predicted molar refractivity (Wildman–Crippen MR) is 115 cm³/mol. The second kappa shape index (κ2) is 10.1. The Hall–Kier alpha value is -3.15. The van der Waals surface area contributed by atoms with Crippen LogP contribution in [0.2, 0.25) is 0 Å². The minimum absolute atomic E-state index is 0.0190. The third-order valence-electron chi connectivity index (χ3n) is 5.35. The molecule has 158 valence electrons. The van der Waals surface area contributed by atoms with Gasteiger partial charge in [0, 0.05) is 25.7 Å². The number of nitrogens with zero attached hydrogens (tertiary/aromatic N) is 2. The number of likely N-dealkylation sites (tertiary alicyclic amines) is 1. The van der Waals surface area contributed by atoms with Crippen molar-refractivity contribution in [3.8, 4) is 11.1 Å². The fraction of sp³-hybridized carbons (Fsp3) is 0.375. The van der Waals surface area contributed by atoms with E-state index < -0.39 is 0 Å². The summed E-state index contributed by atoms with van der Waals surface area (Å²) in [4.78, 5) is 40.5. The molecule has 6 heteroatoms. The number of ether oxygens (including phenoxy) is 1. The third-order valence-corrected chi connectivity index (χ3v) is 5.35. The van der Waals surface area contributed by atoms with Crippen molar-refractivity contribution in [2.75, 3.05) is 33.3 Å². The smallest absolute Gasteiger partial charge is 0.310 e. The van der Waals surface area contributed by atoms with Crippen molar-refractivity contribution in [3.05, 3.63) is 60.2 Å². The van der Waals surface area contributed by atoms with E-state index in [2.05, 4.69) is 0 Å². The molecular weight excluding hydrogens is 380 g/mol. The molecule has 30 heavy (non-hydrogen) atoms. The van der Waals surface area contributed by atoms with Crippen LogP contribution in [0.5, 0.6) is 0 Å². The van der Waals surface area contributed by atoms with Gasteiger partial charge in [0.25, 0.3) is 5.91 Å². The monoisotopic (exact) mass is 408 g/mol. The third kappa shape index (κ3) is 5.26. The van der Waals surface area contributed by atoms with Gasteiger partial charge in [-0.05, 0) is 43.0 Å². The van der Waals surface area contributed by atoms with Crippen LogP contribution in [-0.2, 0) is 14.3 Å². The number of hydrogen-bond donors (Lipinski definition) is 0. The minimum Gasteiger partial charge on any atom is -0.466 e. The molecule has 0 bridgehead atoms. The Morgan fingerprint density at radius 1 is 1.03 bits per heavy atom. The van der Waals surface area contributed by atoms with E-state index in [4.69, 9.17) is 4.74 Å². The second-order valence-corrected chi connectivity index (χ2v) is 7.54. The summed E-state index contributed by atoms with van der Waals surface area (Å²) in [6.45, 7) is 3.04. The van der Waals surface area contributed by atoms with Crippen LogP contribution in [0.1, 0.15) is 30.1 Å². The van der Waals surface area contributed by atoms with Gasteiger partial charge in [0.2, 0.25) is 5.91 Å². The van der Waals surface area contributed by atoms with Crippen molar-refractivity contribution in [3.63, 3.8) is 0 Å². The fourth-order valence-electron chi connectivity index (χ4n) is 3.69. The average molecular weight is 408 g/mol. The zero-order valence-electron chi connectivity index (χ0n) is 17.5. The highest BCUT2D eigenvalue weighted by Crippen LogP contribution is 2.20. The molecule has 1 atom stereocenters. The summed E-state index contributed by atoms with van der Waals surface area (Å²) in [5.74, 6) is -0.894. The maximum atomic E-state index is 12.7. The Kier molecular flexibility index (Phi) is 7.22. The van der Waals surface area contributed by atoms with Crippen molar-refractivity contribution in [1.82, 2.24) is 9.80 Å². The zero-order valence-corrected chi connectivity index (χ0v) is 17.5. The van der Waals surface area contributed by atoms with Gasteiger partial charge in [0.1, 0.15) is 0 Å². The summed E-state index contributed by atoms with van der Waals surface area (Å²) < 4.78 is 5.09. The zero-order chi connectivity index (χ0) is 21.5. The lowest BCUT2D eigenvalue weighted by Crippen LogP contribution is -2.47. The molecule has 2 aromatic rings. The highest BCUT2D eigenvalue weighted by Gasteiger charge is 2.30. The van der Waals surface area contributed by atoms with Gasteiger partial charge in [-0.1, -0.05) is 42.5 Å². The van der Waals surface area contributed by atoms with Gasteiger partial charge in [-0.15, -0.1) is 0 Å². The lowest BCUT2D eigenvalue weighted by atomic mass is 9.98. The van der Waals surface area contributed by atoms with Gasteiger partial charge in [0.15, 0.2) is 0 Å². The molecule has 0 spiro atoms.